The SMILES string of the molecule is CC(=O)OC=CC(C)CCCC(C)CCCC(C)C. The van der Waals surface area contributed by atoms with Crippen LogP contribution in [0.1, 0.15) is 73.1 Å². The molecule has 2 unspecified atom stereocenters. The molecule has 0 heterocycles. The third-order valence-electron chi connectivity index (χ3n) is 3.48. The summed E-state index contributed by atoms with van der Waals surface area (Å²) in [6.45, 7) is 10.5. The Morgan fingerprint density at radius 1 is 1.00 bits per heavy atom. The van der Waals surface area contributed by atoms with E-state index in [1.807, 2.05) is 6.08 Å². The average Bonchev–Trinajstić information content (AvgIpc) is 2.27. The van der Waals surface area contributed by atoms with Gasteiger partial charge in [-0.1, -0.05) is 59.8 Å². The molecular formula is C17H32O2. The van der Waals surface area contributed by atoms with Gasteiger partial charge in [0.1, 0.15) is 0 Å². The smallest absolute Gasteiger partial charge is 0.307 e. The third kappa shape index (κ3) is 13.4. The van der Waals surface area contributed by atoms with Crippen LogP contribution in [0, 0.1) is 17.8 Å². The van der Waals surface area contributed by atoms with Crippen molar-refractivity contribution in [1.82, 2.24) is 0 Å². The molecule has 2 atom stereocenters. The van der Waals surface area contributed by atoms with Crippen LogP contribution in [0.15, 0.2) is 12.3 Å². The Labute approximate surface area is 119 Å². The van der Waals surface area contributed by atoms with Crippen LogP contribution in [0.2, 0.25) is 0 Å². The molecule has 0 aliphatic rings. The normalized spacial score (nSPS) is 14.8. The first-order chi connectivity index (χ1) is 8.91. The number of esters is 1. The Bertz CT molecular complexity index is 256. The zero-order chi connectivity index (χ0) is 14.7. The van der Waals surface area contributed by atoms with Gasteiger partial charge in [-0.2, -0.15) is 0 Å². The second-order valence-electron chi connectivity index (χ2n) is 6.28. The highest BCUT2D eigenvalue weighted by Gasteiger charge is 2.05. The first kappa shape index (κ1) is 18.2. The van der Waals surface area contributed by atoms with Crippen LogP contribution in [-0.2, 0) is 9.53 Å². The lowest BCUT2D eigenvalue weighted by molar-refractivity contribution is -0.135. The molecule has 0 aliphatic carbocycles. The monoisotopic (exact) mass is 268 g/mol. The number of ether oxygens (including phenoxy) is 1. The van der Waals surface area contributed by atoms with Gasteiger partial charge in [0.25, 0.3) is 0 Å². The van der Waals surface area contributed by atoms with Gasteiger partial charge in [0.15, 0.2) is 0 Å². The van der Waals surface area contributed by atoms with Gasteiger partial charge in [0.2, 0.25) is 0 Å². The average molecular weight is 268 g/mol. The quantitative estimate of drug-likeness (QED) is 0.395. The van der Waals surface area contributed by atoms with Gasteiger partial charge >= 0.3 is 5.97 Å². The minimum absolute atomic E-state index is 0.248. The van der Waals surface area contributed by atoms with Crippen LogP contribution in [0.3, 0.4) is 0 Å². The molecule has 19 heavy (non-hydrogen) atoms. The van der Waals surface area contributed by atoms with Crippen molar-refractivity contribution in [3.05, 3.63) is 12.3 Å². The number of allylic oxidation sites excluding steroid dienone is 1. The maximum Gasteiger partial charge on any atom is 0.307 e. The lowest BCUT2D eigenvalue weighted by Gasteiger charge is -2.13. The van der Waals surface area contributed by atoms with Crippen LogP contribution in [-0.4, -0.2) is 5.97 Å². The summed E-state index contributed by atoms with van der Waals surface area (Å²) in [7, 11) is 0. The standard InChI is InChI=1S/C17H32O2/c1-14(2)8-6-9-15(3)10-7-11-16(4)12-13-19-17(5)18/h12-16H,6-11H2,1-5H3. The van der Waals surface area contributed by atoms with Gasteiger partial charge in [-0.3, -0.25) is 4.79 Å². The molecule has 0 saturated heterocycles. The third-order valence-corrected chi connectivity index (χ3v) is 3.48. The van der Waals surface area contributed by atoms with Crippen LogP contribution in [0.25, 0.3) is 0 Å². The highest BCUT2D eigenvalue weighted by Crippen LogP contribution is 2.19. The fourth-order valence-electron chi connectivity index (χ4n) is 2.17. The Morgan fingerprint density at radius 3 is 2.11 bits per heavy atom. The summed E-state index contributed by atoms with van der Waals surface area (Å²) in [5.41, 5.74) is 0. The van der Waals surface area contributed by atoms with Gasteiger partial charge in [-0.25, -0.2) is 0 Å². The zero-order valence-corrected chi connectivity index (χ0v) is 13.4. The van der Waals surface area contributed by atoms with Crippen molar-refractivity contribution in [1.29, 1.82) is 0 Å². The van der Waals surface area contributed by atoms with Gasteiger partial charge < -0.3 is 4.74 Å². The van der Waals surface area contributed by atoms with Crippen LogP contribution >= 0.6 is 0 Å². The van der Waals surface area contributed by atoms with E-state index in [1.165, 1.54) is 51.7 Å². The van der Waals surface area contributed by atoms with E-state index in [-0.39, 0.29) is 5.97 Å². The summed E-state index contributed by atoms with van der Waals surface area (Å²) in [6.07, 6.45) is 11.3. The molecule has 0 aromatic heterocycles. The summed E-state index contributed by atoms with van der Waals surface area (Å²) < 4.78 is 4.80. The molecule has 0 fully saturated rings. The van der Waals surface area contributed by atoms with Crippen molar-refractivity contribution in [2.45, 2.75) is 73.1 Å². The van der Waals surface area contributed by atoms with E-state index in [1.54, 1.807) is 0 Å². The van der Waals surface area contributed by atoms with Crippen LogP contribution in [0.5, 0.6) is 0 Å². The molecule has 0 bridgehead atoms. The van der Waals surface area contributed by atoms with Crippen LogP contribution in [0.4, 0.5) is 0 Å². The zero-order valence-electron chi connectivity index (χ0n) is 13.4. The summed E-state index contributed by atoms with van der Waals surface area (Å²) in [4.78, 5) is 10.6. The molecule has 0 spiro atoms. The lowest BCUT2D eigenvalue weighted by Crippen LogP contribution is -1.99. The summed E-state index contributed by atoms with van der Waals surface area (Å²) in [5.74, 6) is 1.91. The molecule has 0 aromatic carbocycles. The second-order valence-corrected chi connectivity index (χ2v) is 6.28. The molecule has 0 aromatic rings. The summed E-state index contributed by atoms with van der Waals surface area (Å²) in [6, 6.07) is 0. The molecular weight excluding hydrogens is 236 g/mol. The molecule has 0 N–H and O–H groups in total. The van der Waals surface area contributed by atoms with E-state index in [2.05, 4.69) is 27.7 Å². The molecule has 2 heteroatoms. The van der Waals surface area contributed by atoms with Crippen molar-refractivity contribution >= 4 is 5.97 Å². The topological polar surface area (TPSA) is 26.3 Å². The molecule has 0 amide bonds. The van der Waals surface area contributed by atoms with Crippen molar-refractivity contribution in [2.75, 3.05) is 0 Å². The highest BCUT2D eigenvalue weighted by atomic mass is 16.5. The van der Waals surface area contributed by atoms with E-state index in [4.69, 9.17) is 4.74 Å². The molecule has 0 saturated carbocycles. The van der Waals surface area contributed by atoms with E-state index in [0.717, 1.165) is 11.8 Å². The Morgan fingerprint density at radius 2 is 1.58 bits per heavy atom. The van der Waals surface area contributed by atoms with Crippen molar-refractivity contribution < 1.29 is 9.53 Å². The lowest BCUT2D eigenvalue weighted by atomic mass is 9.93. The van der Waals surface area contributed by atoms with Crippen LogP contribution < -0.4 is 0 Å². The van der Waals surface area contributed by atoms with E-state index in [9.17, 15) is 4.79 Å². The van der Waals surface area contributed by atoms with E-state index in [0.29, 0.717) is 5.92 Å². The molecule has 112 valence electrons. The minimum Gasteiger partial charge on any atom is -0.435 e. The van der Waals surface area contributed by atoms with Gasteiger partial charge in [0.05, 0.1) is 6.26 Å². The number of carbonyl (C=O) groups excluding carboxylic acids is 1. The minimum atomic E-state index is -0.248. The second kappa shape index (κ2) is 11.1. The van der Waals surface area contributed by atoms with Crippen molar-refractivity contribution in [2.24, 2.45) is 17.8 Å². The Balaban J connectivity index is 3.55. The predicted octanol–water partition coefficient (Wildman–Crippen LogP) is 5.33. The maximum atomic E-state index is 10.6. The fourth-order valence-corrected chi connectivity index (χ4v) is 2.17. The molecule has 0 rings (SSSR count). The first-order valence-electron chi connectivity index (χ1n) is 7.75. The number of hydrogen-bond acceptors (Lipinski definition) is 2. The molecule has 0 radical (unpaired) electrons. The number of rotatable bonds is 10. The molecule has 2 nitrogen and oxygen atoms in total. The van der Waals surface area contributed by atoms with E-state index >= 15 is 0 Å². The molecule has 0 aliphatic heterocycles. The van der Waals surface area contributed by atoms with Crippen molar-refractivity contribution in [3.63, 3.8) is 0 Å². The number of hydrogen-bond donors (Lipinski definition) is 0. The van der Waals surface area contributed by atoms with Gasteiger partial charge in [-0.15, -0.1) is 0 Å². The highest BCUT2D eigenvalue weighted by molar-refractivity contribution is 5.66. The summed E-state index contributed by atoms with van der Waals surface area (Å²) in [5, 5.41) is 0. The van der Waals surface area contributed by atoms with E-state index < -0.39 is 0 Å². The Kier molecular flexibility index (Phi) is 10.6. The summed E-state index contributed by atoms with van der Waals surface area (Å²) >= 11 is 0. The largest absolute Gasteiger partial charge is 0.435 e. The number of carbonyl (C=O) groups is 1. The Hall–Kier alpha value is -0.790. The van der Waals surface area contributed by atoms with Gasteiger partial charge in [0, 0.05) is 6.92 Å². The fraction of sp³-hybridized carbons (Fsp3) is 0.824. The maximum absolute atomic E-state index is 10.6. The van der Waals surface area contributed by atoms with Gasteiger partial charge in [-0.05, 0) is 30.3 Å². The van der Waals surface area contributed by atoms with Crippen molar-refractivity contribution in [3.8, 4) is 0 Å². The first-order valence-corrected chi connectivity index (χ1v) is 7.75. The predicted molar refractivity (Wildman–Crippen MR) is 81.8 cm³/mol.